The van der Waals surface area contributed by atoms with E-state index in [4.69, 9.17) is 4.74 Å². The second kappa shape index (κ2) is 11.1. The van der Waals surface area contributed by atoms with Crippen LogP contribution in [-0.2, 0) is 0 Å². The van der Waals surface area contributed by atoms with Crippen LogP contribution in [0.15, 0.2) is 71.7 Å². The fourth-order valence-electron chi connectivity index (χ4n) is 4.53. The quantitative estimate of drug-likeness (QED) is 0.306. The van der Waals surface area contributed by atoms with Crippen LogP contribution in [0.1, 0.15) is 6.42 Å². The summed E-state index contributed by atoms with van der Waals surface area (Å²) in [4.78, 5) is 22.7. The van der Waals surface area contributed by atoms with Gasteiger partial charge in [-0.25, -0.2) is 9.78 Å². The number of ether oxygens (including phenoxy) is 1. The maximum atomic E-state index is 13.2. The number of rotatable bonds is 5. The van der Waals surface area contributed by atoms with Crippen molar-refractivity contribution in [3.63, 3.8) is 0 Å². The zero-order chi connectivity index (χ0) is 23.9. The number of hydrogen-bond acceptors (Lipinski definition) is 8. The summed E-state index contributed by atoms with van der Waals surface area (Å²) < 4.78 is 7.93. The van der Waals surface area contributed by atoms with Crippen LogP contribution >= 0.6 is 38.3 Å². The van der Waals surface area contributed by atoms with E-state index in [1.165, 1.54) is 11.3 Å². The summed E-state index contributed by atoms with van der Waals surface area (Å²) in [6.45, 7) is 1.14. The van der Waals surface area contributed by atoms with Gasteiger partial charge in [-0.1, -0.05) is 18.2 Å². The predicted molar refractivity (Wildman–Crippen MR) is 156 cm³/mol. The summed E-state index contributed by atoms with van der Waals surface area (Å²) in [5.41, 5.74) is 1.31. The molecule has 192 valence electrons. The first-order valence-corrected chi connectivity index (χ1v) is 12.1. The topological polar surface area (TPSA) is 110 Å². The Morgan fingerprint density at radius 2 is 1.78 bits per heavy atom. The van der Waals surface area contributed by atoms with Gasteiger partial charge in [0, 0.05) is 31.6 Å². The van der Waals surface area contributed by atoms with Gasteiger partial charge in [-0.2, -0.15) is 32.0 Å². The Labute approximate surface area is 230 Å². The van der Waals surface area contributed by atoms with Gasteiger partial charge in [0.1, 0.15) is 27.6 Å². The monoisotopic (exact) mass is 554 g/mol. The molecule has 1 fully saturated rings. The summed E-state index contributed by atoms with van der Waals surface area (Å²) in [5.74, 6) is 1.41. The standard InChI is InChI=1S/C26H22N4O4S.2H2S/c31-20(12-15-13-27-14-21(15)32)24-23-22-19(10-11-28-25(22)35-24)30(26(33)29-23)16-6-8-18(9-7-16)34-17-4-2-1-3-5-17;;/h1-11,15,21,27,31-32H,12-14H2;2*1H2/t15-,21-;;/m0../s1. The fourth-order valence-corrected chi connectivity index (χ4v) is 5.59. The molecule has 0 aliphatic carbocycles. The first-order valence-electron chi connectivity index (χ1n) is 11.3. The van der Waals surface area contributed by atoms with Crippen LogP contribution in [0.5, 0.6) is 11.5 Å². The van der Waals surface area contributed by atoms with E-state index in [2.05, 4.69) is 15.3 Å². The molecule has 0 unspecified atom stereocenters. The molecule has 37 heavy (non-hydrogen) atoms. The average molecular weight is 555 g/mol. The zero-order valence-electron chi connectivity index (χ0n) is 19.6. The molecule has 4 heterocycles. The van der Waals surface area contributed by atoms with Crippen molar-refractivity contribution in [2.75, 3.05) is 13.1 Å². The molecule has 0 radical (unpaired) electrons. The van der Waals surface area contributed by atoms with Crippen LogP contribution in [0.4, 0.5) is 0 Å². The largest absolute Gasteiger partial charge is 0.511 e. The molecule has 6 rings (SSSR count). The van der Waals surface area contributed by atoms with Crippen molar-refractivity contribution >= 4 is 65.3 Å². The van der Waals surface area contributed by atoms with Crippen LogP contribution in [0, 0.1) is 5.92 Å². The van der Waals surface area contributed by atoms with Crippen LogP contribution < -0.4 is 20.3 Å². The van der Waals surface area contributed by atoms with Gasteiger partial charge in [0.15, 0.2) is 0 Å². The normalized spacial score (nSPS) is 17.9. The van der Waals surface area contributed by atoms with Crippen LogP contribution in [-0.4, -0.2) is 43.9 Å². The molecule has 11 heteroatoms. The highest BCUT2D eigenvalue weighted by atomic mass is 32.1. The third kappa shape index (κ3) is 5.05. The first kappa shape index (κ1) is 27.0. The Balaban J connectivity index is 0.00000160. The lowest BCUT2D eigenvalue weighted by Gasteiger charge is -2.12. The van der Waals surface area contributed by atoms with Crippen molar-refractivity contribution < 1.29 is 14.9 Å². The van der Waals surface area contributed by atoms with E-state index in [-0.39, 0.29) is 38.7 Å². The molecule has 8 nitrogen and oxygen atoms in total. The Hall–Kier alpha value is -3.09. The van der Waals surface area contributed by atoms with Crippen LogP contribution in [0.25, 0.3) is 32.7 Å². The lowest BCUT2D eigenvalue weighted by molar-refractivity contribution is 0.146. The van der Waals surface area contributed by atoms with Gasteiger partial charge in [-0.15, -0.1) is 11.3 Å². The van der Waals surface area contributed by atoms with E-state index < -0.39 is 11.8 Å². The number of para-hydroxylation sites is 1. The van der Waals surface area contributed by atoms with Gasteiger partial charge in [-0.3, -0.25) is 4.57 Å². The molecule has 1 aliphatic rings. The average Bonchev–Trinajstić information content (AvgIpc) is 3.44. The second-order valence-corrected chi connectivity index (χ2v) is 9.56. The number of β-amino-alcohol motifs (C(OH)–C–C–N with tert-alkyl or cyclic N) is 1. The summed E-state index contributed by atoms with van der Waals surface area (Å²) in [6, 6.07) is 18.5. The molecular weight excluding hydrogens is 529 g/mol. The SMILES string of the molecule is O=c1nc2c(=C(O)C[C@H]3CNC[C@@H]3O)sc3nccc(c32)n1-c1ccc(Oc2ccccc2)cc1.S.S. The van der Waals surface area contributed by atoms with Gasteiger partial charge in [-0.05, 0) is 42.5 Å². The van der Waals surface area contributed by atoms with Gasteiger partial charge in [0.25, 0.3) is 0 Å². The maximum Gasteiger partial charge on any atom is 0.353 e. The minimum absolute atomic E-state index is 0. The molecule has 0 spiro atoms. The van der Waals surface area contributed by atoms with E-state index in [0.29, 0.717) is 51.3 Å². The van der Waals surface area contributed by atoms with Gasteiger partial charge in [0.2, 0.25) is 0 Å². The Kier molecular flexibility index (Phi) is 8.10. The van der Waals surface area contributed by atoms with Gasteiger partial charge in [0.05, 0.1) is 27.2 Å². The number of aliphatic hydroxyl groups excluding tert-OH is 2. The number of aliphatic hydroxyl groups is 2. The fraction of sp³-hybridized carbons (Fsp3) is 0.192. The van der Waals surface area contributed by atoms with Crippen molar-refractivity contribution in [2.45, 2.75) is 12.5 Å². The molecule has 2 aromatic carbocycles. The number of pyridine rings is 1. The number of nitrogens with one attached hydrogen (secondary N) is 1. The number of nitrogens with zero attached hydrogens (tertiary/aromatic N) is 3. The van der Waals surface area contributed by atoms with Crippen molar-refractivity contribution in [1.82, 2.24) is 19.9 Å². The summed E-state index contributed by atoms with van der Waals surface area (Å²) in [6.07, 6.45) is 1.45. The maximum absolute atomic E-state index is 13.2. The molecule has 3 N–H and O–H groups in total. The van der Waals surface area contributed by atoms with E-state index in [0.717, 1.165) is 11.1 Å². The molecule has 5 aromatic rings. The van der Waals surface area contributed by atoms with Gasteiger partial charge >= 0.3 is 5.69 Å². The summed E-state index contributed by atoms with van der Waals surface area (Å²) >= 11 is 1.31. The second-order valence-electron chi connectivity index (χ2n) is 8.57. The Bertz CT molecular complexity index is 1640. The zero-order valence-corrected chi connectivity index (χ0v) is 22.4. The molecule has 0 bridgehead atoms. The van der Waals surface area contributed by atoms with Crippen molar-refractivity contribution in [2.24, 2.45) is 5.92 Å². The minimum Gasteiger partial charge on any atom is -0.511 e. The molecule has 0 saturated carbocycles. The van der Waals surface area contributed by atoms with Crippen molar-refractivity contribution in [3.8, 4) is 17.2 Å². The Morgan fingerprint density at radius 1 is 1.05 bits per heavy atom. The summed E-state index contributed by atoms with van der Waals surface area (Å²) in [5, 5.41) is 24.9. The van der Waals surface area contributed by atoms with Crippen LogP contribution in [0.2, 0.25) is 0 Å². The molecule has 0 amide bonds. The van der Waals surface area contributed by atoms with E-state index >= 15 is 0 Å². The first-order chi connectivity index (χ1) is 17.1. The minimum atomic E-state index is -0.514. The third-order valence-electron chi connectivity index (χ3n) is 6.28. The van der Waals surface area contributed by atoms with Crippen LogP contribution in [0.3, 0.4) is 0 Å². The Morgan fingerprint density at radius 3 is 2.49 bits per heavy atom. The predicted octanol–water partition coefficient (Wildman–Crippen LogP) is 3.37. The number of thiophene rings is 1. The molecule has 2 atom stereocenters. The number of aromatic nitrogens is 3. The lowest BCUT2D eigenvalue weighted by Crippen LogP contribution is -2.24. The number of benzene rings is 2. The summed E-state index contributed by atoms with van der Waals surface area (Å²) in [7, 11) is 0. The third-order valence-corrected chi connectivity index (χ3v) is 7.42. The highest BCUT2D eigenvalue weighted by Crippen LogP contribution is 2.28. The number of hydrogen-bond donors (Lipinski definition) is 3. The highest BCUT2D eigenvalue weighted by Gasteiger charge is 2.27. The van der Waals surface area contributed by atoms with E-state index in [1.807, 2.05) is 54.6 Å². The smallest absolute Gasteiger partial charge is 0.353 e. The molecule has 3 aromatic heterocycles. The van der Waals surface area contributed by atoms with E-state index in [1.54, 1.807) is 16.8 Å². The van der Waals surface area contributed by atoms with E-state index in [9.17, 15) is 15.0 Å². The van der Waals surface area contributed by atoms with Gasteiger partial charge < -0.3 is 20.3 Å². The molecule has 1 saturated heterocycles. The van der Waals surface area contributed by atoms with Crippen molar-refractivity contribution in [3.05, 3.63) is 81.9 Å². The lowest BCUT2D eigenvalue weighted by atomic mass is 10.0. The van der Waals surface area contributed by atoms with Crippen molar-refractivity contribution in [1.29, 1.82) is 0 Å². The molecular formula is C26H26N4O4S3. The highest BCUT2D eigenvalue weighted by molar-refractivity contribution is 7.59. The molecule has 1 aliphatic heterocycles.